The topological polar surface area (TPSA) is 38.3 Å². The number of rotatable bonds is 3. The molecule has 3 heteroatoms. The van der Waals surface area contributed by atoms with Gasteiger partial charge in [0.05, 0.1) is 12.7 Å². The van der Waals surface area contributed by atoms with Crippen molar-refractivity contribution in [2.24, 2.45) is 11.8 Å². The van der Waals surface area contributed by atoms with Crippen LogP contribution in [0.2, 0.25) is 0 Å². The van der Waals surface area contributed by atoms with Crippen molar-refractivity contribution in [3.8, 4) is 5.75 Å². The molecular weight excluding hydrogens is 274 g/mol. The van der Waals surface area contributed by atoms with Crippen LogP contribution in [0.25, 0.3) is 10.8 Å². The maximum atomic E-state index is 12.7. The molecule has 2 aromatic rings. The Morgan fingerprint density at radius 2 is 1.91 bits per heavy atom. The van der Waals surface area contributed by atoms with Crippen LogP contribution in [0.4, 0.5) is 0 Å². The third-order valence-electron chi connectivity index (χ3n) is 5.37. The average molecular weight is 295 g/mol. The second-order valence-electron chi connectivity index (χ2n) is 6.65. The number of carbonyl (C=O) groups excluding carboxylic acids is 1. The van der Waals surface area contributed by atoms with E-state index < -0.39 is 0 Å². The van der Waals surface area contributed by atoms with Gasteiger partial charge in [0.15, 0.2) is 0 Å². The van der Waals surface area contributed by atoms with E-state index in [9.17, 15) is 4.79 Å². The normalized spacial score (nSPS) is 26.3. The van der Waals surface area contributed by atoms with Crippen molar-refractivity contribution in [3.63, 3.8) is 0 Å². The van der Waals surface area contributed by atoms with Gasteiger partial charge in [-0.25, -0.2) is 0 Å². The maximum Gasteiger partial charge on any atom is 0.255 e. The summed E-state index contributed by atoms with van der Waals surface area (Å²) in [4.78, 5) is 12.7. The molecule has 0 heterocycles. The molecule has 22 heavy (non-hydrogen) atoms. The van der Waals surface area contributed by atoms with Crippen molar-refractivity contribution in [1.29, 1.82) is 0 Å². The van der Waals surface area contributed by atoms with E-state index in [1.807, 2.05) is 36.4 Å². The van der Waals surface area contributed by atoms with Crippen LogP contribution in [0.5, 0.6) is 5.75 Å². The van der Waals surface area contributed by atoms with Gasteiger partial charge in [0.2, 0.25) is 0 Å². The fourth-order valence-electron chi connectivity index (χ4n) is 4.23. The lowest BCUT2D eigenvalue weighted by atomic mass is 9.95. The maximum absolute atomic E-state index is 12.7. The molecule has 3 unspecified atom stereocenters. The van der Waals surface area contributed by atoms with Crippen LogP contribution >= 0.6 is 0 Å². The summed E-state index contributed by atoms with van der Waals surface area (Å²) in [6.07, 6.45) is 5.05. The van der Waals surface area contributed by atoms with Gasteiger partial charge in [0.1, 0.15) is 5.75 Å². The summed E-state index contributed by atoms with van der Waals surface area (Å²) in [5.41, 5.74) is 0.643. The van der Waals surface area contributed by atoms with Crippen LogP contribution in [-0.4, -0.2) is 19.1 Å². The lowest BCUT2D eigenvalue weighted by Crippen LogP contribution is -2.38. The lowest BCUT2D eigenvalue weighted by molar-refractivity contribution is 0.0920. The van der Waals surface area contributed by atoms with Gasteiger partial charge in [0, 0.05) is 6.04 Å². The fraction of sp³-hybridized carbons (Fsp3) is 0.421. The number of fused-ring (bicyclic) bond motifs is 3. The van der Waals surface area contributed by atoms with Crippen LogP contribution < -0.4 is 10.1 Å². The van der Waals surface area contributed by atoms with Gasteiger partial charge < -0.3 is 10.1 Å². The Labute approximate surface area is 130 Å². The van der Waals surface area contributed by atoms with E-state index >= 15 is 0 Å². The van der Waals surface area contributed by atoms with Crippen LogP contribution in [0.15, 0.2) is 36.4 Å². The summed E-state index contributed by atoms with van der Waals surface area (Å²) in [6.45, 7) is 0. The number of carbonyl (C=O) groups is 1. The van der Waals surface area contributed by atoms with Gasteiger partial charge in [-0.15, -0.1) is 0 Å². The predicted octanol–water partition coefficient (Wildman–Crippen LogP) is 3.77. The van der Waals surface area contributed by atoms with Gasteiger partial charge in [-0.1, -0.05) is 30.7 Å². The zero-order valence-electron chi connectivity index (χ0n) is 12.8. The van der Waals surface area contributed by atoms with Crippen LogP contribution in [0.1, 0.15) is 36.0 Å². The molecule has 0 aromatic heterocycles. The van der Waals surface area contributed by atoms with E-state index in [0.29, 0.717) is 23.3 Å². The van der Waals surface area contributed by atoms with Crippen LogP contribution in [0.3, 0.4) is 0 Å². The number of ether oxygens (including phenoxy) is 1. The first kappa shape index (κ1) is 13.6. The summed E-state index contributed by atoms with van der Waals surface area (Å²) < 4.78 is 5.44. The minimum Gasteiger partial charge on any atom is -0.496 e. The minimum absolute atomic E-state index is 0.000142. The van der Waals surface area contributed by atoms with E-state index in [0.717, 1.165) is 23.1 Å². The molecule has 3 nitrogen and oxygen atoms in total. The highest BCUT2D eigenvalue weighted by atomic mass is 16.5. The summed E-state index contributed by atoms with van der Waals surface area (Å²) in [7, 11) is 1.62. The van der Waals surface area contributed by atoms with Crippen LogP contribution in [0, 0.1) is 11.8 Å². The first-order valence-corrected chi connectivity index (χ1v) is 8.12. The van der Waals surface area contributed by atoms with Crippen molar-refractivity contribution in [3.05, 3.63) is 42.0 Å². The summed E-state index contributed by atoms with van der Waals surface area (Å²) in [5, 5.41) is 5.41. The summed E-state index contributed by atoms with van der Waals surface area (Å²) in [6, 6.07) is 12.3. The van der Waals surface area contributed by atoms with Crippen molar-refractivity contribution in [2.45, 2.75) is 31.7 Å². The van der Waals surface area contributed by atoms with Gasteiger partial charge in [0.25, 0.3) is 5.91 Å². The van der Waals surface area contributed by atoms with Crippen molar-refractivity contribution in [2.75, 3.05) is 7.11 Å². The second-order valence-corrected chi connectivity index (χ2v) is 6.65. The smallest absolute Gasteiger partial charge is 0.255 e. The standard InChI is InChI=1S/C19H21NO2/c1-22-18-11-14-5-3-2-4-13(14)10-16(18)19(21)20-17-9-12-6-7-15(17)8-12/h2-5,10-12,15,17H,6-9H2,1H3,(H,20,21). The number of hydrogen-bond acceptors (Lipinski definition) is 2. The molecule has 1 N–H and O–H groups in total. The Hall–Kier alpha value is -2.03. The van der Waals surface area contributed by atoms with Gasteiger partial charge >= 0.3 is 0 Å². The highest BCUT2D eigenvalue weighted by Gasteiger charge is 2.40. The predicted molar refractivity (Wildman–Crippen MR) is 87.2 cm³/mol. The summed E-state index contributed by atoms with van der Waals surface area (Å²) in [5.74, 6) is 2.16. The molecule has 0 saturated heterocycles. The monoisotopic (exact) mass is 295 g/mol. The Balaban J connectivity index is 1.63. The molecule has 2 aliphatic rings. The number of nitrogens with one attached hydrogen (secondary N) is 1. The van der Waals surface area contributed by atoms with Crippen molar-refractivity contribution in [1.82, 2.24) is 5.32 Å². The second kappa shape index (κ2) is 5.31. The average Bonchev–Trinajstić information content (AvgIpc) is 3.16. The van der Waals surface area contributed by atoms with Gasteiger partial charge in [-0.3, -0.25) is 4.79 Å². The van der Waals surface area contributed by atoms with Gasteiger partial charge in [-0.2, -0.15) is 0 Å². The molecule has 1 amide bonds. The first-order chi connectivity index (χ1) is 10.7. The molecule has 2 fully saturated rings. The first-order valence-electron chi connectivity index (χ1n) is 8.12. The minimum atomic E-state index is 0.000142. The van der Waals surface area contributed by atoms with E-state index in [-0.39, 0.29) is 5.91 Å². The van der Waals surface area contributed by atoms with E-state index in [1.54, 1.807) is 7.11 Å². The molecule has 2 aliphatic carbocycles. The molecule has 3 atom stereocenters. The van der Waals surface area contributed by atoms with Crippen molar-refractivity contribution >= 4 is 16.7 Å². The highest BCUT2D eigenvalue weighted by Crippen LogP contribution is 2.44. The number of benzene rings is 2. The van der Waals surface area contributed by atoms with E-state index in [2.05, 4.69) is 5.32 Å². The molecule has 0 aliphatic heterocycles. The Morgan fingerprint density at radius 1 is 1.14 bits per heavy atom. The molecule has 2 bridgehead atoms. The number of hydrogen-bond donors (Lipinski definition) is 1. The van der Waals surface area contributed by atoms with Crippen molar-refractivity contribution < 1.29 is 9.53 Å². The Morgan fingerprint density at radius 3 is 2.55 bits per heavy atom. The third-order valence-corrected chi connectivity index (χ3v) is 5.37. The molecule has 0 radical (unpaired) electrons. The highest BCUT2D eigenvalue weighted by molar-refractivity contribution is 6.01. The Kier molecular flexibility index (Phi) is 3.29. The molecule has 4 rings (SSSR count). The number of amides is 1. The zero-order chi connectivity index (χ0) is 15.1. The van der Waals surface area contributed by atoms with E-state index in [1.165, 1.54) is 19.3 Å². The molecule has 2 saturated carbocycles. The summed E-state index contributed by atoms with van der Waals surface area (Å²) >= 11 is 0. The largest absolute Gasteiger partial charge is 0.496 e. The van der Waals surface area contributed by atoms with Crippen LogP contribution in [-0.2, 0) is 0 Å². The molecular formula is C19H21NO2. The quantitative estimate of drug-likeness (QED) is 0.936. The number of methoxy groups -OCH3 is 1. The SMILES string of the molecule is COc1cc2ccccc2cc1C(=O)NC1CC2CCC1C2. The molecule has 0 spiro atoms. The lowest BCUT2D eigenvalue weighted by Gasteiger charge is -2.23. The molecule has 114 valence electrons. The van der Waals surface area contributed by atoms with E-state index in [4.69, 9.17) is 4.74 Å². The zero-order valence-corrected chi connectivity index (χ0v) is 12.8. The third kappa shape index (κ3) is 2.25. The Bertz CT molecular complexity index is 724. The fourth-order valence-corrected chi connectivity index (χ4v) is 4.23. The molecule has 2 aromatic carbocycles. The van der Waals surface area contributed by atoms with Gasteiger partial charge in [-0.05, 0) is 54.0 Å².